The first kappa shape index (κ1) is 20.4. The van der Waals surface area contributed by atoms with E-state index in [0.717, 1.165) is 17.9 Å². The van der Waals surface area contributed by atoms with Gasteiger partial charge in [0, 0.05) is 12.1 Å². The van der Waals surface area contributed by atoms with Crippen molar-refractivity contribution in [2.24, 2.45) is 4.99 Å². The molecule has 0 amide bonds. The lowest BCUT2D eigenvalue weighted by Crippen LogP contribution is -2.36. The second-order valence-corrected chi connectivity index (χ2v) is 5.76. The van der Waals surface area contributed by atoms with Crippen molar-refractivity contribution in [3.63, 3.8) is 0 Å². The number of aryl methyl sites for hydroxylation is 1. The maximum atomic E-state index is 11.7. The van der Waals surface area contributed by atoms with Crippen molar-refractivity contribution in [3.8, 4) is 5.75 Å². The van der Waals surface area contributed by atoms with Crippen LogP contribution in [0.1, 0.15) is 41.3 Å². The summed E-state index contributed by atoms with van der Waals surface area (Å²) in [6.45, 7) is 7.91. The van der Waals surface area contributed by atoms with Crippen LogP contribution >= 0.6 is 0 Å². The molecule has 7 heteroatoms. The summed E-state index contributed by atoms with van der Waals surface area (Å²) in [6, 6.07) is 9.53. The zero-order chi connectivity index (χ0) is 19.6. The molecular formula is C20H27N3O4. The topological polar surface area (TPSA) is 85.1 Å². The minimum absolute atomic E-state index is 0.400. The zero-order valence-electron chi connectivity index (χ0n) is 16.3. The molecule has 1 heterocycles. The molecule has 2 N–H and O–H groups in total. The van der Waals surface area contributed by atoms with Gasteiger partial charge in [-0.2, -0.15) is 0 Å². The van der Waals surface area contributed by atoms with Crippen molar-refractivity contribution < 1.29 is 18.7 Å². The third-order valence-corrected chi connectivity index (χ3v) is 3.83. The molecule has 146 valence electrons. The lowest BCUT2D eigenvalue weighted by molar-refractivity contribution is 0.0599. The van der Waals surface area contributed by atoms with Crippen molar-refractivity contribution >= 4 is 11.9 Å². The molecule has 0 fully saturated rings. The van der Waals surface area contributed by atoms with E-state index in [1.165, 1.54) is 7.11 Å². The number of para-hydroxylation sites is 1. The van der Waals surface area contributed by atoms with E-state index in [0.29, 0.717) is 42.7 Å². The van der Waals surface area contributed by atoms with Crippen LogP contribution in [0, 0.1) is 6.92 Å². The lowest BCUT2D eigenvalue weighted by Gasteiger charge is -2.12. The van der Waals surface area contributed by atoms with E-state index < -0.39 is 5.97 Å². The molecule has 27 heavy (non-hydrogen) atoms. The highest BCUT2D eigenvalue weighted by Gasteiger charge is 2.15. The second kappa shape index (κ2) is 10.3. The number of benzene rings is 1. The minimum Gasteiger partial charge on any atom is -0.494 e. The fraction of sp³-hybridized carbons (Fsp3) is 0.400. The van der Waals surface area contributed by atoms with Crippen LogP contribution < -0.4 is 15.4 Å². The van der Waals surface area contributed by atoms with E-state index in [2.05, 4.69) is 15.6 Å². The summed E-state index contributed by atoms with van der Waals surface area (Å²) in [5.41, 5.74) is 1.44. The number of nitrogens with zero attached hydrogens (tertiary/aromatic N) is 1. The molecule has 7 nitrogen and oxygen atoms in total. The van der Waals surface area contributed by atoms with Gasteiger partial charge in [0.15, 0.2) is 5.96 Å². The number of methoxy groups -OCH3 is 1. The van der Waals surface area contributed by atoms with E-state index >= 15 is 0 Å². The standard InChI is InChI=1S/C20H27N3O4/c1-5-21-20(22-12-15-9-7-8-10-18(15)26-6-2)23-13-16-11-17(14(3)27-16)19(24)25-4/h7-11H,5-6,12-13H2,1-4H3,(H2,21,22,23). The van der Waals surface area contributed by atoms with Gasteiger partial charge < -0.3 is 24.5 Å². The fourth-order valence-electron chi connectivity index (χ4n) is 2.55. The molecule has 0 aliphatic carbocycles. The van der Waals surface area contributed by atoms with Crippen LogP contribution in [-0.2, 0) is 17.8 Å². The summed E-state index contributed by atoms with van der Waals surface area (Å²) in [6.07, 6.45) is 0. The second-order valence-electron chi connectivity index (χ2n) is 5.76. The number of furan rings is 1. The van der Waals surface area contributed by atoms with Crippen molar-refractivity contribution in [2.75, 3.05) is 20.3 Å². The van der Waals surface area contributed by atoms with Gasteiger partial charge in [-0.15, -0.1) is 0 Å². The van der Waals surface area contributed by atoms with Gasteiger partial charge in [-0.3, -0.25) is 0 Å². The number of esters is 1. The Kier molecular flexibility index (Phi) is 7.73. The van der Waals surface area contributed by atoms with Crippen molar-refractivity contribution in [1.29, 1.82) is 0 Å². The molecule has 0 unspecified atom stereocenters. The average molecular weight is 373 g/mol. The Labute approximate surface area is 159 Å². The molecule has 0 atom stereocenters. The van der Waals surface area contributed by atoms with Gasteiger partial charge in [-0.05, 0) is 32.9 Å². The maximum absolute atomic E-state index is 11.7. The third-order valence-electron chi connectivity index (χ3n) is 3.83. The Balaban J connectivity index is 2.05. The fourth-order valence-corrected chi connectivity index (χ4v) is 2.55. The summed E-state index contributed by atoms with van der Waals surface area (Å²) >= 11 is 0. The summed E-state index contributed by atoms with van der Waals surface area (Å²) in [5.74, 6) is 2.25. The van der Waals surface area contributed by atoms with Crippen LogP contribution in [0.4, 0.5) is 0 Å². The largest absolute Gasteiger partial charge is 0.494 e. The van der Waals surface area contributed by atoms with Crippen LogP contribution in [0.15, 0.2) is 39.7 Å². The highest BCUT2D eigenvalue weighted by Crippen LogP contribution is 2.19. The van der Waals surface area contributed by atoms with Gasteiger partial charge in [-0.25, -0.2) is 9.79 Å². The smallest absolute Gasteiger partial charge is 0.341 e. The number of carbonyl (C=O) groups excluding carboxylic acids is 1. The van der Waals surface area contributed by atoms with Crippen LogP contribution in [0.5, 0.6) is 5.75 Å². The highest BCUT2D eigenvalue weighted by atomic mass is 16.5. The van der Waals surface area contributed by atoms with Crippen LogP contribution in [-0.4, -0.2) is 32.2 Å². The van der Waals surface area contributed by atoms with Crippen LogP contribution in [0.25, 0.3) is 0 Å². The molecule has 0 bridgehead atoms. The summed E-state index contributed by atoms with van der Waals surface area (Å²) in [7, 11) is 1.35. The maximum Gasteiger partial charge on any atom is 0.341 e. The summed E-state index contributed by atoms with van der Waals surface area (Å²) in [5, 5.41) is 6.40. The predicted octanol–water partition coefficient (Wildman–Crippen LogP) is 3.03. The number of carbonyl (C=O) groups is 1. The molecule has 0 aliphatic rings. The highest BCUT2D eigenvalue weighted by molar-refractivity contribution is 5.90. The molecular weight excluding hydrogens is 346 g/mol. The van der Waals surface area contributed by atoms with E-state index in [-0.39, 0.29) is 0 Å². The number of rotatable bonds is 8. The monoisotopic (exact) mass is 373 g/mol. The molecule has 0 radical (unpaired) electrons. The Morgan fingerprint density at radius 1 is 1.22 bits per heavy atom. The molecule has 2 aromatic rings. The molecule has 0 saturated carbocycles. The van der Waals surface area contributed by atoms with Gasteiger partial charge in [0.2, 0.25) is 0 Å². The number of hydrogen-bond acceptors (Lipinski definition) is 5. The quantitative estimate of drug-likeness (QED) is 0.420. The van der Waals surface area contributed by atoms with E-state index in [9.17, 15) is 4.79 Å². The van der Waals surface area contributed by atoms with E-state index in [1.807, 2.05) is 38.1 Å². The number of ether oxygens (including phenoxy) is 2. The molecule has 0 spiro atoms. The first-order valence-electron chi connectivity index (χ1n) is 8.99. The van der Waals surface area contributed by atoms with Crippen molar-refractivity contribution in [2.45, 2.75) is 33.9 Å². The third kappa shape index (κ3) is 5.77. The van der Waals surface area contributed by atoms with E-state index in [4.69, 9.17) is 13.9 Å². The SMILES string of the molecule is CCNC(=NCc1ccccc1OCC)NCc1cc(C(=O)OC)c(C)o1. The van der Waals surface area contributed by atoms with Crippen molar-refractivity contribution in [1.82, 2.24) is 10.6 Å². The minimum atomic E-state index is -0.407. The Morgan fingerprint density at radius 2 is 2.00 bits per heavy atom. The summed E-state index contributed by atoms with van der Waals surface area (Å²) in [4.78, 5) is 16.3. The van der Waals surface area contributed by atoms with Gasteiger partial charge in [0.25, 0.3) is 0 Å². The molecule has 1 aromatic carbocycles. The number of hydrogen-bond donors (Lipinski definition) is 2. The number of nitrogens with one attached hydrogen (secondary N) is 2. The van der Waals surface area contributed by atoms with Gasteiger partial charge in [-0.1, -0.05) is 18.2 Å². The van der Waals surface area contributed by atoms with Gasteiger partial charge in [0.05, 0.1) is 26.8 Å². The number of guanidine groups is 1. The van der Waals surface area contributed by atoms with Crippen LogP contribution in [0.2, 0.25) is 0 Å². The molecule has 2 rings (SSSR count). The Morgan fingerprint density at radius 3 is 2.70 bits per heavy atom. The first-order valence-corrected chi connectivity index (χ1v) is 8.99. The normalized spacial score (nSPS) is 11.2. The van der Waals surface area contributed by atoms with E-state index in [1.54, 1.807) is 13.0 Å². The van der Waals surface area contributed by atoms with Gasteiger partial charge >= 0.3 is 5.97 Å². The lowest BCUT2D eigenvalue weighted by atomic mass is 10.2. The summed E-state index contributed by atoms with van der Waals surface area (Å²) < 4.78 is 16.0. The predicted molar refractivity (Wildman–Crippen MR) is 104 cm³/mol. The van der Waals surface area contributed by atoms with Crippen molar-refractivity contribution in [3.05, 3.63) is 53.0 Å². The Bertz CT molecular complexity index is 783. The first-order chi connectivity index (χ1) is 13.1. The Hall–Kier alpha value is -2.96. The van der Waals surface area contributed by atoms with Crippen LogP contribution in [0.3, 0.4) is 0 Å². The number of aliphatic imine (C=N–C) groups is 1. The van der Waals surface area contributed by atoms with Gasteiger partial charge in [0.1, 0.15) is 22.8 Å². The molecule has 0 saturated heterocycles. The molecule has 0 aliphatic heterocycles. The molecule has 1 aromatic heterocycles. The zero-order valence-corrected chi connectivity index (χ0v) is 16.3. The average Bonchev–Trinajstić information content (AvgIpc) is 3.05.